The lowest BCUT2D eigenvalue weighted by molar-refractivity contribution is 0.546. The predicted octanol–water partition coefficient (Wildman–Crippen LogP) is 0.895. The van der Waals surface area contributed by atoms with Gasteiger partial charge in [-0.3, -0.25) is 0 Å². The largest absolute Gasteiger partial charge is 0.616 e. The van der Waals surface area contributed by atoms with Crippen LogP contribution in [0.1, 0.15) is 26.7 Å². The second kappa shape index (κ2) is 4.33. The zero-order chi connectivity index (χ0) is 8.27. The number of hydrogen-bond donors (Lipinski definition) is 1. The molecule has 1 aliphatic rings. The van der Waals surface area contributed by atoms with Crippen LogP contribution >= 0.6 is 0 Å². The van der Waals surface area contributed by atoms with Crippen molar-refractivity contribution in [3.05, 3.63) is 0 Å². The molecule has 11 heavy (non-hydrogen) atoms. The van der Waals surface area contributed by atoms with E-state index >= 15 is 0 Å². The molecule has 2 nitrogen and oxygen atoms in total. The van der Waals surface area contributed by atoms with Crippen LogP contribution in [0.3, 0.4) is 0 Å². The SMILES string of the molecule is CC(C)NC[C@@H]1CCC[S+]1[O-]. The van der Waals surface area contributed by atoms with Crippen molar-refractivity contribution in [2.24, 2.45) is 0 Å². The first kappa shape index (κ1) is 9.36. The highest BCUT2D eigenvalue weighted by Crippen LogP contribution is 2.18. The lowest BCUT2D eigenvalue weighted by atomic mass is 10.2. The van der Waals surface area contributed by atoms with Gasteiger partial charge in [-0.2, -0.15) is 0 Å². The van der Waals surface area contributed by atoms with E-state index in [2.05, 4.69) is 19.2 Å². The molecule has 1 saturated heterocycles. The van der Waals surface area contributed by atoms with Gasteiger partial charge in [0, 0.05) is 19.0 Å². The number of nitrogens with one attached hydrogen (secondary N) is 1. The highest BCUT2D eigenvalue weighted by Gasteiger charge is 2.28. The van der Waals surface area contributed by atoms with Crippen LogP contribution in [-0.2, 0) is 11.2 Å². The maximum atomic E-state index is 11.3. The van der Waals surface area contributed by atoms with Crippen molar-refractivity contribution in [1.29, 1.82) is 0 Å². The summed E-state index contributed by atoms with van der Waals surface area (Å²) >= 11 is -0.540. The minimum absolute atomic E-state index is 0.428. The van der Waals surface area contributed by atoms with Crippen molar-refractivity contribution < 1.29 is 4.55 Å². The molecule has 2 atom stereocenters. The molecule has 1 fully saturated rings. The van der Waals surface area contributed by atoms with Crippen LogP contribution in [0.5, 0.6) is 0 Å². The molecule has 1 unspecified atom stereocenters. The van der Waals surface area contributed by atoms with Gasteiger partial charge in [0.2, 0.25) is 0 Å². The minimum atomic E-state index is -0.540. The minimum Gasteiger partial charge on any atom is -0.616 e. The van der Waals surface area contributed by atoms with E-state index in [0.29, 0.717) is 11.3 Å². The molecule has 0 saturated carbocycles. The van der Waals surface area contributed by atoms with Gasteiger partial charge in [-0.1, -0.05) is 13.8 Å². The molecule has 1 N–H and O–H groups in total. The third kappa shape index (κ3) is 3.01. The second-order valence-corrected chi connectivity index (χ2v) is 5.25. The smallest absolute Gasteiger partial charge is 0.128 e. The van der Waals surface area contributed by atoms with Crippen LogP contribution in [0.2, 0.25) is 0 Å². The standard InChI is InChI=1S/C8H17NOS/c1-7(2)9-6-8-4-3-5-11(8)10/h7-9H,3-6H2,1-2H3/t8-,11?/m0/s1. The van der Waals surface area contributed by atoms with E-state index in [1.807, 2.05) is 0 Å². The summed E-state index contributed by atoms with van der Waals surface area (Å²) in [6, 6.07) is 0.521. The first-order valence-corrected chi connectivity index (χ1v) is 5.69. The van der Waals surface area contributed by atoms with E-state index in [0.717, 1.165) is 25.1 Å². The van der Waals surface area contributed by atoms with Crippen LogP contribution in [0.15, 0.2) is 0 Å². The van der Waals surface area contributed by atoms with Gasteiger partial charge in [0.25, 0.3) is 0 Å². The normalized spacial score (nSPS) is 31.6. The van der Waals surface area contributed by atoms with E-state index in [1.165, 1.54) is 0 Å². The highest BCUT2D eigenvalue weighted by atomic mass is 32.2. The first-order valence-electron chi connectivity index (χ1n) is 4.30. The van der Waals surface area contributed by atoms with Gasteiger partial charge in [0.05, 0.1) is 0 Å². The quantitative estimate of drug-likeness (QED) is 0.647. The van der Waals surface area contributed by atoms with Crippen molar-refractivity contribution >= 4 is 11.2 Å². The molecule has 0 aromatic rings. The van der Waals surface area contributed by atoms with Gasteiger partial charge >= 0.3 is 0 Å². The van der Waals surface area contributed by atoms with Gasteiger partial charge < -0.3 is 9.87 Å². The van der Waals surface area contributed by atoms with Gasteiger partial charge in [-0.05, 0) is 17.6 Å². The molecule has 0 spiro atoms. The van der Waals surface area contributed by atoms with E-state index in [9.17, 15) is 4.55 Å². The molecule has 0 bridgehead atoms. The molecule has 66 valence electrons. The molecule has 0 aromatic heterocycles. The van der Waals surface area contributed by atoms with E-state index in [1.54, 1.807) is 0 Å². The van der Waals surface area contributed by atoms with Crippen LogP contribution in [0.4, 0.5) is 0 Å². The molecule has 3 heteroatoms. The summed E-state index contributed by atoms with van der Waals surface area (Å²) in [5, 5.41) is 3.75. The first-order chi connectivity index (χ1) is 5.20. The molecule has 0 radical (unpaired) electrons. The zero-order valence-corrected chi connectivity index (χ0v) is 8.12. The zero-order valence-electron chi connectivity index (χ0n) is 7.30. The van der Waals surface area contributed by atoms with Crippen LogP contribution in [0, 0.1) is 0 Å². The molecular weight excluding hydrogens is 158 g/mol. The maximum Gasteiger partial charge on any atom is 0.128 e. The molecule has 1 rings (SSSR count). The number of rotatable bonds is 3. The third-order valence-corrected chi connectivity index (χ3v) is 3.83. The van der Waals surface area contributed by atoms with Crippen molar-refractivity contribution in [3.63, 3.8) is 0 Å². The Hall–Kier alpha value is 0.270. The van der Waals surface area contributed by atoms with E-state index in [4.69, 9.17) is 0 Å². The van der Waals surface area contributed by atoms with Crippen molar-refractivity contribution in [1.82, 2.24) is 5.32 Å². The number of hydrogen-bond acceptors (Lipinski definition) is 2. The Morgan fingerprint density at radius 1 is 1.64 bits per heavy atom. The monoisotopic (exact) mass is 175 g/mol. The van der Waals surface area contributed by atoms with Crippen LogP contribution < -0.4 is 5.32 Å². The lowest BCUT2D eigenvalue weighted by Gasteiger charge is -2.15. The second-order valence-electron chi connectivity index (χ2n) is 3.41. The summed E-state index contributed by atoms with van der Waals surface area (Å²) in [5.74, 6) is 0.921. The fourth-order valence-corrected chi connectivity index (χ4v) is 2.81. The molecule has 0 aromatic carbocycles. The summed E-state index contributed by atoms with van der Waals surface area (Å²) < 4.78 is 11.3. The third-order valence-electron chi connectivity index (χ3n) is 2.00. The van der Waals surface area contributed by atoms with Crippen LogP contribution in [-0.4, -0.2) is 28.1 Å². The summed E-state index contributed by atoms with van der Waals surface area (Å²) in [6.45, 7) is 5.18. The van der Waals surface area contributed by atoms with Crippen molar-refractivity contribution in [2.75, 3.05) is 12.3 Å². The lowest BCUT2D eigenvalue weighted by Crippen LogP contribution is -2.34. The van der Waals surface area contributed by atoms with E-state index in [-0.39, 0.29) is 0 Å². The fraction of sp³-hybridized carbons (Fsp3) is 1.00. The molecule has 0 amide bonds. The van der Waals surface area contributed by atoms with Gasteiger partial charge in [0.15, 0.2) is 0 Å². The van der Waals surface area contributed by atoms with Gasteiger partial charge in [0.1, 0.15) is 11.0 Å². The van der Waals surface area contributed by atoms with Crippen molar-refractivity contribution in [2.45, 2.75) is 38.0 Å². The highest BCUT2D eigenvalue weighted by molar-refractivity contribution is 7.92. The topological polar surface area (TPSA) is 35.1 Å². The summed E-state index contributed by atoms with van der Waals surface area (Å²) in [4.78, 5) is 0. The summed E-state index contributed by atoms with van der Waals surface area (Å²) in [5.41, 5.74) is 0. The average Bonchev–Trinajstić information content (AvgIpc) is 2.31. The predicted molar refractivity (Wildman–Crippen MR) is 49.2 cm³/mol. The van der Waals surface area contributed by atoms with Crippen molar-refractivity contribution in [3.8, 4) is 0 Å². The summed E-state index contributed by atoms with van der Waals surface area (Å²) in [7, 11) is 0. The Labute approximate surface area is 71.9 Å². The summed E-state index contributed by atoms with van der Waals surface area (Å²) in [6.07, 6.45) is 2.30. The molecule has 0 aliphatic carbocycles. The molecular formula is C8H17NOS. The van der Waals surface area contributed by atoms with Gasteiger partial charge in [-0.25, -0.2) is 0 Å². The Balaban J connectivity index is 2.15. The Morgan fingerprint density at radius 2 is 2.36 bits per heavy atom. The Bertz CT molecular complexity index is 119. The molecule has 1 aliphatic heterocycles. The van der Waals surface area contributed by atoms with E-state index < -0.39 is 11.2 Å². The maximum absolute atomic E-state index is 11.3. The van der Waals surface area contributed by atoms with Crippen LogP contribution in [0.25, 0.3) is 0 Å². The average molecular weight is 175 g/mol. The Kier molecular flexibility index (Phi) is 3.69. The molecule has 1 heterocycles. The fourth-order valence-electron chi connectivity index (χ4n) is 1.31. The van der Waals surface area contributed by atoms with Gasteiger partial charge in [-0.15, -0.1) is 0 Å². The Morgan fingerprint density at radius 3 is 2.82 bits per heavy atom.